The minimum atomic E-state index is -0.459. The molecule has 1 fully saturated rings. The van der Waals surface area contributed by atoms with Gasteiger partial charge in [-0.25, -0.2) is 4.39 Å². The van der Waals surface area contributed by atoms with Crippen LogP contribution in [0.25, 0.3) is 0 Å². The average Bonchev–Trinajstić information content (AvgIpc) is 2.33. The summed E-state index contributed by atoms with van der Waals surface area (Å²) >= 11 is 3.12. The van der Waals surface area contributed by atoms with Crippen molar-refractivity contribution in [3.63, 3.8) is 0 Å². The molecule has 96 valence electrons. The van der Waals surface area contributed by atoms with E-state index in [2.05, 4.69) is 15.9 Å². The summed E-state index contributed by atoms with van der Waals surface area (Å²) in [5, 5.41) is 0. The number of hydrogen-bond acceptors (Lipinski definition) is 3. The van der Waals surface area contributed by atoms with Crippen molar-refractivity contribution in [3.05, 3.63) is 28.0 Å². The zero-order chi connectivity index (χ0) is 12.8. The largest absolute Gasteiger partial charge is 0.486 e. The van der Waals surface area contributed by atoms with Crippen molar-refractivity contribution in [2.45, 2.75) is 24.9 Å². The number of hydrogen-bond donors (Lipinski definition) is 0. The van der Waals surface area contributed by atoms with E-state index in [1.807, 2.05) is 0 Å². The van der Waals surface area contributed by atoms with Gasteiger partial charge in [0.15, 0.2) is 5.78 Å². The Hall–Kier alpha value is -0.940. The summed E-state index contributed by atoms with van der Waals surface area (Å²) in [6.07, 6.45) is 1.71. The maximum atomic E-state index is 13.4. The summed E-state index contributed by atoms with van der Waals surface area (Å²) in [6, 6.07) is 2.78. The first-order chi connectivity index (χ1) is 8.60. The molecule has 3 rings (SSSR count). The van der Waals surface area contributed by atoms with E-state index in [0.717, 1.165) is 0 Å². The van der Waals surface area contributed by atoms with Crippen molar-refractivity contribution in [1.82, 2.24) is 0 Å². The molecule has 0 aliphatic carbocycles. The number of benzene rings is 1. The highest BCUT2D eigenvalue weighted by Crippen LogP contribution is 2.40. The van der Waals surface area contributed by atoms with Gasteiger partial charge in [0.25, 0.3) is 0 Å². The lowest BCUT2D eigenvalue weighted by molar-refractivity contribution is -0.0505. The zero-order valence-corrected chi connectivity index (χ0v) is 11.3. The first-order valence-electron chi connectivity index (χ1n) is 5.89. The van der Waals surface area contributed by atoms with Crippen molar-refractivity contribution < 1.29 is 18.7 Å². The minimum absolute atomic E-state index is 0.0513. The van der Waals surface area contributed by atoms with Gasteiger partial charge in [0.1, 0.15) is 17.2 Å². The highest BCUT2D eigenvalue weighted by atomic mass is 79.9. The standard InChI is InChI=1S/C13H12BrFO3/c14-9-6-12-8(5-10(9)15)11(16)7-13(18-12)1-3-17-4-2-13/h5-6H,1-4,7H2. The normalized spacial score (nSPS) is 21.6. The van der Waals surface area contributed by atoms with Crippen molar-refractivity contribution in [3.8, 4) is 5.75 Å². The smallest absolute Gasteiger partial charge is 0.170 e. The second-order valence-electron chi connectivity index (χ2n) is 4.76. The summed E-state index contributed by atoms with van der Waals surface area (Å²) in [7, 11) is 0. The minimum Gasteiger partial charge on any atom is -0.486 e. The molecule has 2 heterocycles. The quantitative estimate of drug-likeness (QED) is 0.738. The Bertz CT molecular complexity index is 509. The van der Waals surface area contributed by atoms with Gasteiger partial charge in [-0.1, -0.05) is 0 Å². The molecule has 3 nitrogen and oxygen atoms in total. The first kappa shape index (κ1) is 12.1. The fourth-order valence-electron chi connectivity index (χ4n) is 2.51. The third-order valence-corrected chi connectivity index (χ3v) is 4.14. The lowest BCUT2D eigenvalue weighted by atomic mass is 9.84. The predicted molar refractivity (Wildman–Crippen MR) is 66.5 cm³/mol. The highest BCUT2D eigenvalue weighted by molar-refractivity contribution is 9.10. The molecule has 0 unspecified atom stereocenters. The van der Waals surface area contributed by atoms with E-state index in [0.29, 0.717) is 48.3 Å². The van der Waals surface area contributed by atoms with Crippen LogP contribution >= 0.6 is 15.9 Å². The van der Waals surface area contributed by atoms with E-state index >= 15 is 0 Å². The van der Waals surface area contributed by atoms with E-state index < -0.39 is 11.4 Å². The van der Waals surface area contributed by atoms with Crippen LogP contribution < -0.4 is 4.74 Å². The lowest BCUT2D eigenvalue weighted by Gasteiger charge is -2.40. The Morgan fingerprint density at radius 1 is 1.28 bits per heavy atom. The molecule has 0 bridgehead atoms. The van der Waals surface area contributed by atoms with Crippen LogP contribution in [0.1, 0.15) is 29.6 Å². The van der Waals surface area contributed by atoms with Crippen LogP contribution in [0.2, 0.25) is 0 Å². The molecule has 1 saturated heterocycles. The van der Waals surface area contributed by atoms with E-state index in [-0.39, 0.29) is 5.78 Å². The average molecular weight is 315 g/mol. The van der Waals surface area contributed by atoms with E-state index in [1.54, 1.807) is 6.07 Å². The predicted octanol–water partition coefficient (Wildman–Crippen LogP) is 3.10. The van der Waals surface area contributed by atoms with Gasteiger partial charge in [0, 0.05) is 12.8 Å². The zero-order valence-electron chi connectivity index (χ0n) is 9.67. The molecule has 0 aromatic heterocycles. The Balaban J connectivity index is 2.01. The highest BCUT2D eigenvalue weighted by Gasteiger charge is 2.42. The second kappa shape index (κ2) is 4.31. The van der Waals surface area contributed by atoms with Crippen molar-refractivity contribution in [2.75, 3.05) is 13.2 Å². The lowest BCUT2D eigenvalue weighted by Crippen LogP contribution is -2.46. The second-order valence-corrected chi connectivity index (χ2v) is 5.61. The maximum Gasteiger partial charge on any atom is 0.170 e. The monoisotopic (exact) mass is 314 g/mol. The Labute approximate surface area is 112 Å². The SMILES string of the molecule is O=C1CC2(CCOCC2)Oc2cc(Br)c(F)cc21. The fraction of sp³-hybridized carbons (Fsp3) is 0.462. The number of halogens is 2. The van der Waals surface area contributed by atoms with Crippen LogP contribution in [0.3, 0.4) is 0 Å². The molecular formula is C13H12BrFO3. The number of rotatable bonds is 0. The Kier molecular flexibility index (Phi) is 2.90. The van der Waals surface area contributed by atoms with Gasteiger partial charge in [0.05, 0.1) is 29.7 Å². The summed E-state index contributed by atoms with van der Waals surface area (Å²) in [6.45, 7) is 1.20. The molecule has 2 aliphatic heterocycles. The molecule has 1 aromatic carbocycles. The molecule has 1 aromatic rings. The molecule has 2 aliphatic rings. The van der Waals surface area contributed by atoms with Gasteiger partial charge in [-0.2, -0.15) is 0 Å². The van der Waals surface area contributed by atoms with Crippen molar-refractivity contribution in [1.29, 1.82) is 0 Å². The number of carbonyl (C=O) groups is 1. The van der Waals surface area contributed by atoms with Gasteiger partial charge in [-0.05, 0) is 28.1 Å². The summed E-state index contributed by atoms with van der Waals surface area (Å²) < 4.78 is 25.0. The third kappa shape index (κ3) is 1.95. The number of Topliss-reactive ketones (excluding diaryl/α,β-unsaturated/α-hetero) is 1. The number of ketones is 1. The number of fused-ring (bicyclic) bond motifs is 1. The van der Waals surface area contributed by atoms with Crippen LogP contribution in [-0.4, -0.2) is 24.6 Å². The Morgan fingerprint density at radius 3 is 2.72 bits per heavy atom. The molecule has 5 heteroatoms. The van der Waals surface area contributed by atoms with Crippen molar-refractivity contribution in [2.24, 2.45) is 0 Å². The van der Waals surface area contributed by atoms with Crippen LogP contribution in [0.4, 0.5) is 4.39 Å². The van der Waals surface area contributed by atoms with Gasteiger partial charge >= 0.3 is 0 Å². The van der Waals surface area contributed by atoms with Gasteiger partial charge in [0.2, 0.25) is 0 Å². The molecular weight excluding hydrogens is 303 g/mol. The number of ether oxygens (including phenoxy) is 2. The van der Waals surface area contributed by atoms with Crippen molar-refractivity contribution >= 4 is 21.7 Å². The first-order valence-corrected chi connectivity index (χ1v) is 6.68. The summed E-state index contributed by atoms with van der Waals surface area (Å²) in [5.41, 5.74) is -0.118. The molecule has 0 atom stereocenters. The summed E-state index contributed by atoms with van der Waals surface area (Å²) in [4.78, 5) is 12.1. The molecule has 0 N–H and O–H groups in total. The van der Waals surface area contributed by atoms with E-state index in [4.69, 9.17) is 9.47 Å². The Morgan fingerprint density at radius 2 is 2.00 bits per heavy atom. The third-order valence-electron chi connectivity index (χ3n) is 3.54. The van der Waals surface area contributed by atoms with Gasteiger partial charge in [-0.15, -0.1) is 0 Å². The van der Waals surface area contributed by atoms with E-state index in [9.17, 15) is 9.18 Å². The number of carbonyl (C=O) groups excluding carboxylic acids is 1. The summed E-state index contributed by atoms with van der Waals surface area (Å²) in [5.74, 6) is -0.0143. The maximum absolute atomic E-state index is 13.4. The molecule has 1 spiro atoms. The molecule has 0 amide bonds. The van der Waals surface area contributed by atoms with Gasteiger partial charge < -0.3 is 9.47 Å². The van der Waals surface area contributed by atoms with Crippen LogP contribution in [-0.2, 0) is 4.74 Å². The van der Waals surface area contributed by atoms with Crippen LogP contribution in [0.5, 0.6) is 5.75 Å². The van der Waals surface area contributed by atoms with Crippen LogP contribution in [0, 0.1) is 5.82 Å². The fourth-order valence-corrected chi connectivity index (χ4v) is 2.83. The van der Waals surface area contributed by atoms with E-state index in [1.165, 1.54) is 6.07 Å². The molecule has 18 heavy (non-hydrogen) atoms. The van der Waals surface area contributed by atoms with Crippen LogP contribution in [0.15, 0.2) is 16.6 Å². The molecule has 0 radical (unpaired) electrons. The van der Waals surface area contributed by atoms with Gasteiger partial charge in [-0.3, -0.25) is 4.79 Å². The molecule has 0 saturated carbocycles. The topological polar surface area (TPSA) is 35.5 Å².